The molecule has 0 radical (unpaired) electrons. The van der Waals surface area contributed by atoms with Crippen LogP contribution in [0.1, 0.15) is 32.6 Å². The summed E-state index contributed by atoms with van der Waals surface area (Å²) in [5, 5.41) is 0. The highest BCUT2D eigenvalue weighted by atomic mass is 32.2. The van der Waals surface area contributed by atoms with E-state index in [1.165, 1.54) is 32.2 Å². The van der Waals surface area contributed by atoms with Gasteiger partial charge in [-0.3, -0.25) is 4.79 Å². The Morgan fingerprint density at radius 2 is 1.85 bits per heavy atom. The largest absolute Gasteiger partial charge is 0.491 e. The highest BCUT2D eigenvalue weighted by molar-refractivity contribution is 7.90. The van der Waals surface area contributed by atoms with Crippen LogP contribution in [0.2, 0.25) is 0 Å². The molecule has 9 heteroatoms. The van der Waals surface area contributed by atoms with E-state index in [1.54, 1.807) is 6.07 Å². The molecule has 0 saturated heterocycles. The summed E-state index contributed by atoms with van der Waals surface area (Å²) in [7, 11) is -2.61. The molecule has 1 fully saturated rings. The van der Waals surface area contributed by atoms with Crippen LogP contribution in [0.4, 0.5) is 8.78 Å². The zero-order chi connectivity index (χ0) is 19.4. The van der Waals surface area contributed by atoms with Crippen molar-refractivity contribution >= 4 is 15.9 Å². The molecule has 0 atom stereocenters. The van der Waals surface area contributed by atoms with E-state index in [2.05, 4.69) is 0 Å². The lowest BCUT2D eigenvalue weighted by molar-refractivity contribution is -0.135. The Morgan fingerprint density at radius 1 is 1.19 bits per heavy atom. The number of halogens is 2. The third-order valence-corrected chi connectivity index (χ3v) is 5.86. The average Bonchev–Trinajstić information content (AvgIpc) is 2.58. The SMILES string of the molecule is COCCOc1cccc(S(=O)(=O)NC(=O)C2(C)CCC(F)(F)CC2)c1. The van der Waals surface area contributed by atoms with Gasteiger partial charge in [0.2, 0.25) is 11.8 Å². The number of carbonyl (C=O) groups excluding carboxylic acids is 1. The molecule has 26 heavy (non-hydrogen) atoms. The number of methoxy groups -OCH3 is 1. The molecule has 1 saturated carbocycles. The van der Waals surface area contributed by atoms with Crippen LogP contribution in [-0.4, -0.2) is 40.6 Å². The van der Waals surface area contributed by atoms with Crippen molar-refractivity contribution < 1.29 is 31.5 Å². The van der Waals surface area contributed by atoms with E-state index >= 15 is 0 Å². The lowest BCUT2D eigenvalue weighted by Gasteiger charge is -2.35. The van der Waals surface area contributed by atoms with Crippen LogP contribution in [0.15, 0.2) is 29.2 Å². The quantitative estimate of drug-likeness (QED) is 0.723. The van der Waals surface area contributed by atoms with E-state index < -0.39 is 40.1 Å². The zero-order valence-electron chi connectivity index (χ0n) is 14.8. The van der Waals surface area contributed by atoms with Crippen LogP contribution in [-0.2, 0) is 19.6 Å². The molecule has 1 aromatic carbocycles. The lowest BCUT2D eigenvalue weighted by Crippen LogP contribution is -2.45. The summed E-state index contributed by atoms with van der Waals surface area (Å²) in [6, 6.07) is 5.70. The van der Waals surface area contributed by atoms with Crippen LogP contribution in [0.25, 0.3) is 0 Å². The minimum absolute atomic E-state index is 0.0679. The predicted molar refractivity (Wildman–Crippen MR) is 90.7 cm³/mol. The summed E-state index contributed by atoms with van der Waals surface area (Å²) in [4.78, 5) is 12.3. The molecule has 0 spiro atoms. The fourth-order valence-electron chi connectivity index (χ4n) is 2.67. The van der Waals surface area contributed by atoms with E-state index in [4.69, 9.17) is 9.47 Å². The van der Waals surface area contributed by atoms with Gasteiger partial charge in [-0.1, -0.05) is 13.0 Å². The fraction of sp³-hybridized carbons (Fsp3) is 0.588. The summed E-state index contributed by atoms with van der Waals surface area (Å²) >= 11 is 0. The van der Waals surface area contributed by atoms with Gasteiger partial charge in [0, 0.05) is 31.4 Å². The molecule has 0 aliphatic heterocycles. The second-order valence-corrected chi connectivity index (χ2v) is 8.35. The highest BCUT2D eigenvalue weighted by Crippen LogP contribution is 2.43. The molecule has 1 amide bonds. The van der Waals surface area contributed by atoms with Gasteiger partial charge >= 0.3 is 0 Å². The lowest BCUT2D eigenvalue weighted by atomic mass is 9.74. The number of benzene rings is 1. The van der Waals surface area contributed by atoms with Gasteiger partial charge in [0.1, 0.15) is 12.4 Å². The van der Waals surface area contributed by atoms with Crippen molar-refractivity contribution in [3.05, 3.63) is 24.3 Å². The van der Waals surface area contributed by atoms with Crippen molar-refractivity contribution in [1.29, 1.82) is 0 Å². The number of rotatable bonds is 7. The molecule has 0 bridgehead atoms. The highest BCUT2D eigenvalue weighted by Gasteiger charge is 2.45. The molecule has 0 heterocycles. The second kappa shape index (κ2) is 7.87. The maximum absolute atomic E-state index is 13.3. The van der Waals surface area contributed by atoms with E-state index in [1.807, 2.05) is 4.72 Å². The first kappa shape index (κ1) is 20.6. The monoisotopic (exact) mass is 391 g/mol. The van der Waals surface area contributed by atoms with Gasteiger partial charge in [-0.25, -0.2) is 21.9 Å². The molecule has 0 unspecified atom stereocenters. The van der Waals surface area contributed by atoms with E-state index in [9.17, 15) is 22.0 Å². The topological polar surface area (TPSA) is 81.7 Å². The van der Waals surface area contributed by atoms with Gasteiger partial charge < -0.3 is 9.47 Å². The van der Waals surface area contributed by atoms with Gasteiger partial charge in [0.05, 0.1) is 11.5 Å². The Labute approximate surface area is 151 Å². The summed E-state index contributed by atoms with van der Waals surface area (Å²) in [5.41, 5.74) is -1.14. The minimum Gasteiger partial charge on any atom is -0.491 e. The molecule has 6 nitrogen and oxygen atoms in total. The Morgan fingerprint density at radius 3 is 2.46 bits per heavy atom. The number of hydrogen-bond donors (Lipinski definition) is 1. The molecule has 1 aromatic rings. The summed E-state index contributed by atoms with van der Waals surface area (Å²) in [6.07, 6.45) is -0.997. The Balaban J connectivity index is 2.08. The smallest absolute Gasteiger partial charge is 0.264 e. The number of sulfonamides is 1. The molecule has 2 rings (SSSR count). The maximum atomic E-state index is 13.3. The number of alkyl halides is 2. The molecular weight excluding hydrogens is 368 g/mol. The first-order valence-electron chi connectivity index (χ1n) is 8.25. The normalized spacial score (nSPS) is 18.9. The number of ether oxygens (including phenoxy) is 2. The predicted octanol–water partition coefficient (Wildman–Crippen LogP) is 2.73. The fourth-order valence-corrected chi connectivity index (χ4v) is 3.81. The van der Waals surface area contributed by atoms with Crippen molar-refractivity contribution in [2.24, 2.45) is 5.41 Å². The third-order valence-electron chi connectivity index (χ3n) is 4.53. The van der Waals surface area contributed by atoms with Crippen molar-refractivity contribution in [3.63, 3.8) is 0 Å². The van der Waals surface area contributed by atoms with Crippen molar-refractivity contribution in [1.82, 2.24) is 4.72 Å². The zero-order valence-corrected chi connectivity index (χ0v) is 15.6. The second-order valence-electron chi connectivity index (χ2n) is 6.67. The average molecular weight is 391 g/mol. The third kappa shape index (κ3) is 5.14. The van der Waals surface area contributed by atoms with Gasteiger partial charge in [-0.15, -0.1) is 0 Å². The van der Waals surface area contributed by atoms with Gasteiger partial charge in [0.25, 0.3) is 10.0 Å². The number of amides is 1. The maximum Gasteiger partial charge on any atom is 0.264 e. The van der Waals surface area contributed by atoms with Gasteiger partial charge in [-0.2, -0.15) is 0 Å². The molecular formula is C17H23F2NO5S. The molecule has 1 aliphatic rings. The Hall–Kier alpha value is -1.74. The molecule has 1 N–H and O–H groups in total. The Kier molecular flexibility index (Phi) is 6.23. The van der Waals surface area contributed by atoms with Crippen LogP contribution in [0, 0.1) is 5.41 Å². The number of hydrogen-bond acceptors (Lipinski definition) is 5. The standard InChI is InChI=1S/C17H23F2NO5S/c1-16(6-8-17(18,19)9-7-16)15(21)20-26(22,23)14-5-3-4-13(12-14)25-11-10-24-2/h3-5,12H,6-11H2,1-2H3,(H,20,21). The van der Waals surface area contributed by atoms with E-state index in [-0.39, 0.29) is 24.3 Å². The van der Waals surface area contributed by atoms with Crippen LogP contribution < -0.4 is 9.46 Å². The van der Waals surface area contributed by atoms with Crippen LogP contribution in [0.3, 0.4) is 0 Å². The molecule has 146 valence electrons. The first-order chi connectivity index (χ1) is 12.1. The summed E-state index contributed by atoms with van der Waals surface area (Å²) in [6.45, 7) is 2.10. The van der Waals surface area contributed by atoms with E-state index in [0.717, 1.165) is 0 Å². The van der Waals surface area contributed by atoms with Crippen molar-refractivity contribution in [2.75, 3.05) is 20.3 Å². The minimum atomic E-state index is -4.13. The van der Waals surface area contributed by atoms with Crippen LogP contribution >= 0.6 is 0 Å². The van der Waals surface area contributed by atoms with Crippen molar-refractivity contribution in [3.8, 4) is 5.75 Å². The first-order valence-corrected chi connectivity index (χ1v) is 9.73. The van der Waals surface area contributed by atoms with E-state index in [0.29, 0.717) is 12.4 Å². The molecule has 0 aromatic heterocycles. The molecule has 1 aliphatic carbocycles. The van der Waals surface area contributed by atoms with Crippen LogP contribution in [0.5, 0.6) is 5.75 Å². The summed E-state index contributed by atoms with van der Waals surface area (Å²) < 4.78 is 63.8. The Bertz CT molecular complexity index is 741. The summed E-state index contributed by atoms with van der Waals surface area (Å²) in [5.74, 6) is -3.24. The number of carbonyl (C=O) groups is 1. The van der Waals surface area contributed by atoms with Gasteiger partial charge in [-0.05, 0) is 25.0 Å². The van der Waals surface area contributed by atoms with Crippen molar-refractivity contribution in [2.45, 2.75) is 43.4 Å². The van der Waals surface area contributed by atoms with Gasteiger partial charge in [0.15, 0.2) is 0 Å². The number of nitrogens with one attached hydrogen (secondary N) is 1.